The highest BCUT2D eigenvalue weighted by molar-refractivity contribution is 5.76. The second-order valence-corrected chi connectivity index (χ2v) is 29.6. The van der Waals surface area contributed by atoms with Crippen molar-refractivity contribution < 1.29 is 64.6 Å². The topological polar surface area (TPSA) is 228 Å². The van der Waals surface area contributed by atoms with E-state index in [1.165, 1.54) is 315 Å². The van der Waals surface area contributed by atoms with Gasteiger partial charge in [-0.25, -0.2) is 0 Å². The van der Waals surface area contributed by atoms with Crippen molar-refractivity contribution >= 4 is 5.91 Å². The van der Waals surface area contributed by atoms with Gasteiger partial charge in [-0.1, -0.05) is 378 Å². The summed E-state index contributed by atoms with van der Waals surface area (Å²) in [5.41, 5.74) is 0. The molecule has 0 aromatic heterocycles. The molecule has 14 heteroatoms. The standard InChI is InChI=1S/C83H157NO13/c1-3-5-7-9-11-13-15-17-19-21-23-25-27-29-31-33-35-37-38-40-42-44-46-48-50-52-54-56-58-60-62-64-66-72(87)71(70-94-82-80(93)78(91)81(74(69-86)96-82)97-83-79(92)77(90)76(89)73(68-85)95-83)84-75(88)67-65-63-61-59-57-55-53-51-49-47-45-43-41-39-36-34-32-30-28-26-24-22-20-18-16-14-12-10-8-6-4-2/h48,50,56,58,64,66,71-74,76-83,85-87,89-93H,3-47,49,51-55,57,59-63,65,67-70H2,1-2H3,(H,84,88)/b50-48+,58-56+,66-64+. The SMILES string of the molecule is CCCCCCCCCCCCCCCCCCCCCCCC/C=C/CC/C=C/CC/C=C/C(O)C(COC1OC(CO)C(OC2OC(CO)C(O)C(O)C2O)C(O)C1O)NC(=O)CCCCCCCCCCCCCCCCCCCCCCCCCCCCCCCCC. The predicted octanol–water partition coefficient (Wildman–Crippen LogP) is 19.2. The zero-order valence-electron chi connectivity index (χ0n) is 62.9. The lowest BCUT2D eigenvalue weighted by atomic mass is 9.97. The molecule has 2 heterocycles. The van der Waals surface area contributed by atoms with Crippen molar-refractivity contribution in [3.8, 4) is 0 Å². The molecule has 1 amide bonds. The van der Waals surface area contributed by atoms with Crippen LogP contribution >= 0.6 is 0 Å². The van der Waals surface area contributed by atoms with Crippen LogP contribution in [0.25, 0.3) is 0 Å². The number of ether oxygens (including phenoxy) is 4. The fourth-order valence-electron chi connectivity index (χ4n) is 14.0. The molecule has 9 N–H and O–H groups in total. The maximum Gasteiger partial charge on any atom is 0.220 e. The average molecular weight is 1380 g/mol. The van der Waals surface area contributed by atoms with E-state index in [-0.39, 0.29) is 18.9 Å². The molecule has 0 aromatic rings. The highest BCUT2D eigenvalue weighted by Crippen LogP contribution is 2.30. The Bertz CT molecular complexity index is 1770. The smallest absolute Gasteiger partial charge is 0.220 e. The number of hydrogen-bond donors (Lipinski definition) is 9. The summed E-state index contributed by atoms with van der Waals surface area (Å²) in [7, 11) is 0. The lowest BCUT2D eigenvalue weighted by molar-refractivity contribution is -0.359. The molecule has 572 valence electrons. The van der Waals surface area contributed by atoms with Gasteiger partial charge in [-0.3, -0.25) is 4.79 Å². The van der Waals surface area contributed by atoms with E-state index in [1.807, 2.05) is 6.08 Å². The number of carbonyl (C=O) groups excluding carboxylic acids is 1. The fraction of sp³-hybridized carbons (Fsp3) is 0.916. The van der Waals surface area contributed by atoms with Crippen molar-refractivity contribution in [3.63, 3.8) is 0 Å². The third kappa shape index (κ3) is 50.3. The van der Waals surface area contributed by atoms with Gasteiger partial charge in [-0.2, -0.15) is 0 Å². The molecule has 0 radical (unpaired) electrons. The summed E-state index contributed by atoms with van der Waals surface area (Å²) in [5.74, 6) is -0.245. The van der Waals surface area contributed by atoms with E-state index >= 15 is 0 Å². The average Bonchev–Trinajstić information content (AvgIpc) is 0.793. The summed E-state index contributed by atoms with van der Waals surface area (Å²) in [6.07, 6.45) is 72.5. The lowest BCUT2D eigenvalue weighted by Gasteiger charge is -2.46. The first-order valence-electron chi connectivity index (χ1n) is 41.7. The Hall–Kier alpha value is -1.79. The third-order valence-electron chi connectivity index (χ3n) is 20.6. The lowest BCUT2D eigenvalue weighted by Crippen LogP contribution is -2.65. The van der Waals surface area contributed by atoms with E-state index < -0.39 is 86.8 Å². The van der Waals surface area contributed by atoms with Gasteiger partial charge in [0.2, 0.25) is 5.91 Å². The van der Waals surface area contributed by atoms with Gasteiger partial charge in [0.25, 0.3) is 0 Å². The summed E-state index contributed by atoms with van der Waals surface area (Å²) in [6.45, 7) is 2.85. The number of allylic oxidation sites excluding steroid dienone is 5. The van der Waals surface area contributed by atoms with Gasteiger partial charge in [0, 0.05) is 6.42 Å². The molecule has 97 heavy (non-hydrogen) atoms. The predicted molar refractivity (Wildman–Crippen MR) is 401 cm³/mol. The van der Waals surface area contributed by atoms with Gasteiger partial charge in [0.15, 0.2) is 12.6 Å². The number of aliphatic hydroxyl groups excluding tert-OH is 8. The van der Waals surface area contributed by atoms with E-state index in [0.717, 1.165) is 44.9 Å². The van der Waals surface area contributed by atoms with Crippen LogP contribution in [-0.2, 0) is 23.7 Å². The molecule has 0 aliphatic carbocycles. The molecule has 0 saturated carbocycles. The van der Waals surface area contributed by atoms with Crippen molar-refractivity contribution in [1.82, 2.24) is 5.32 Å². The van der Waals surface area contributed by atoms with Gasteiger partial charge in [-0.15, -0.1) is 0 Å². The normalized spacial score (nSPS) is 22.2. The van der Waals surface area contributed by atoms with Crippen molar-refractivity contribution in [2.24, 2.45) is 0 Å². The molecule has 2 rings (SSSR count). The highest BCUT2D eigenvalue weighted by Gasteiger charge is 2.51. The Labute approximate surface area is 595 Å². The zero-order valence-corrected chi connectivity index (χ0v) is 62.9. The van der Waals surface area contributed by atoms with Crippen LogP contribution in [0.3, 0.4) is 0 Å². The van der Waals surface area contributed by atoms with E-state index in [0.29, 0.717) is 12.8 Å². The van der Waals surface area contributed by atoms with E-state index in [1.54, 1.807) is 6.08 Å². The van der Waals surface area contributed by atoms with Gasteiger partial charge in [-0.05, 0) is 44.9 Å². The largest absolute Gasteiger partial charge is 0.394 e. The van der Waals surface area contributed by atoms with Crippen molar-refractivity contribution in [2.75, 3.05) is 19.8 Å². The van der Waals surface area contributed by atoms with E-state index in [2.05, 4.69) is 43.5 Å². The minimum atomic E-state index is -1.79. The Morgan fingerprint density at radius 2 is 0.660 bits per heavy atom. The van der Waals surface area contributed by atoms with Gasteiger partial charge >= 0.3 is 0 Å². The number of amides is 1. The van der Waals surface area contributed by atoms with Gasteiger partial charge in [0.05, 0.1) is 32.0 Å². The van der Waals surface area contributed by atoms with Crippen molar-refractivity contribution in [1.29, 1.82) is 0 Å². The maximum absolute atomic E-state index is 13.4. The van der Waals surface area contributed by atoms with Gasteiger partial charge in [0.1, 0.15) is 48.8 Å². The molecule has 12 unspecified atom stereocenters. The van der Waals surface area contributed by atoms with Crippen LogP contribution < -0.4 is 5.32 Å². The monoisotopic (exact) mass is 1380 g/mol. The molecule has 2 aliphatic rings. The van der Waals surface area contributed by atoms with Crippen LogP contribution in [0, 0.1) is 0 Å². The first-order chi connectivity index (χ1) is 47.6. The van der Waals surface area contributed by atoms with E-state index in [9.17, 15) is 45.6 Å². The first kappa shape index (κ1) is 91.3. The fourth-order valence-corrected chi connectivity index (χ4v) is 14.0. The van der Waals surface area contributed by atoms with E-state index in [4.69, 9.17) is 18.9 Å². The second kappa shape index (κ2) is 67.4. The summed E-state index contributed by atoms with van der Waals surface area (Å²) >= 11 is 0. The van der Waals surface area contributed by atoms with Gasteiger partial charge < -0.3 is 65.1 Å². The van der Waals surface area contributed by atoms with Crippen LogP contribution in [-0.4, -0.2) is 140 Å². The Morgan fingerprint density at radius 1 is 0.361 bits per heavy atom. The summed E-state index contributed by atoms with van der Waals surface area (Å²) in [5, 5.41) is 87.7. The number of nitrogens with one attached hydrogen (secondary N) is 1. The number of rotatable bonds is 71. The molecule has 0 bridgehead atoms. The van der Waals surface area contributed by atoms with Crippen molar-refractivity contribution in [2.45, 2.75) is 466 Å². The molecular formula is C83H157NO13. The third-order valence-corrected chi connectivity index (χ3v) is 20.6. The molecule has 14 nitrogen and oxygen atoms in total. The minimum absolute atomic E-state index is 0.245. The Morgan fingerprint density at radius 3 is 1.01 bits per heavy atom. The summed E-state index contributed by atoms with van der Waals surface area (Å²) < 4.78 is 22.9. The van der Waals surface area contributed by atoms with Crippen LogP contribution in [0.4, 0.5) is 0 Å². The molecule has 2 saturated heterocycles. The molecule has 0 aromatic carbocycles. The van der Waals surface area contributed by atoms with Crippen LogP contribution in [0.5, 0.6) is 0 Å². The number of aliphatic hydroxyl groups is 8. The Balaban J connectivity index is 1.62. The van der Waals surface area contributed by atoms with Crippen molar-refractivity contribution in [3.05, 3.63) is 36.5 Å². The number of unbranched alkanes of at least 4 members (excludes halogenated alkanes) is 54. The summed E-state index contributed by atoms with van der Waals surface area (Å²) in [4.78, 5) is 13.4. The molecule has 2 aliphatic heterocycles. The minimum Gasteiger partial charge on any atom is -0.394 e. The molecule has 0 spiro atoms. The number of hydrogen-bond acceptors (Lipinski definition) is 13. The zero-order chi connectivity index (χ0) is 70.1. The van der Waals surface area contributed by atoms with Crippen LogP contribution in [0.15, 0.2) is 36.5 Å². The van der Waals surface area contributed by atoms with Crippen LogP contribution in [0.2, 0.25) is 0 Å². The summed E-state index contributed by atoms with van der Waals surface area (Å²) in [6, 6.07) is -0.938. The molecule has 2 fully saturated rings. The second-order valence-electron chi connectivity index (χ2n) is 29.6. The molecular weight excluding hydrogens is 1220 g/mol. The molecule has 12 atom stereocenters. The highest BCUT2D eigenvalue weighted by atomic mass is 16.7. The first-order valence-corrected chi connectivity index (χ1v) is 41.7. The quantitative estimate of drug-likeness (QED) is 0.0204. The Kier molecular flexibility index (Phi) is 63.4. The maximum atomic E-state index is 13.4. The number of carbonyl (C=O) groups is 1. The van der Waals surface area contributed by atoms with Crippen LogP contribution in [0.1, 0.15) is 393 Å².